The second-order valence-corrected chi connectivity index (χ2v) is 3.79. The molecule has 1 N–H and O–H groups in total. The van der Waals surface area contributed by atoms with Gasteiger partial charge in [0.2, 0.25) is 0 Å². The van der Waals surface area contributed by atoms with Crippen LogP contribution in [0.2, 0.25) is 0 Å². The summed E-state index contributed by atoms with van der Waals surface area (Å²) in [6, 6.07) is 0.781. The Bertz CT molecular complexity index is 127. The lowest BCUT2D eigenvalue weighted by Gasteiger charge is -2.23. The van der Waals surface area contributed by atoms with Crippen LogP contribution in [0.5, 0.6) is 0 Å². The first-order valence-corrected chi connectivity index (χ1v) is 4.77. The molecule has 12 heavy (non-hydrogen) atoms. The summed E-state index contributed by atoms with van der Waals surface area (Å²) < 4.78 is 0. The highest BCUT2D eigenvalue weighted by Crippen LogP contribution is 2.11. The Morgan fingerprint density at radius 1 is 1.58 bits per heavy atom. The van der Waals surface area contributed by atoms with Crippen LogP contribution in [-0.4, -0.2) is 63.2 Å². The van der Waals surface area contributed by atoms with Crippen molar-refractivity contribution >= 4 is 0 Å². The third kappa shape index (κ3) is 2.73. The maximum atomic E-state index is 3.18. The Morgan fingerprint density at radius 2 is 2.33 bits per heavy atom. The molecule has 0 aromatic rings. The quantitative estimate of drug-likeness (QED) is 0.634. The molecule has 0 radical (unpaired) electrons. The average Bonchev–Trinajstić information content (AvgIpc) is 2.47. The summed E-state index contributed by atoms with van der Waals surface area (Å²) in [5.41, 5.74) is 0. The minimum atomic E-state index is 0.781. The molecule has 1 heterocycles. The minimum absolute atomic E-state index is 0.781. The third-order valence-electron chi connectivity index (χ3n) is 2.70. The predicted octanol–water partition coefficient (Wildman–Crippen LogP) is -0.158. The molecule has 0 spiro atoms. The fourth-order valence-electron chi connectivity index (χ4n) is 1.74. The van der Waals surface area contributed by atoms with E-state index in [4.69, 9.17) is 0 Å². The van der Waals surface area contributed by atoms with Gasteiger partial charge in [0.05, 0.1) is 0 Å². The first-order chi connectivity index (χ1) is 5.74. The molecule has 1 unspecified atom stereocenters. The summed E-state index contributed by atoms with van der Waals surface area (Å²) in [5, 5.41) is 3.18. The van der Waals surface area contributed by atoms with Crippen LogP contribution in [0.25, 0.3) is 0 Å². The zero-order valence-electron chi connectivity index (χ0n) is 8.51. The van der Waals surface area contributed by atoms with Gasteiger partial charge in [0.15, 0.2) is 0 Å². The van der Waals surface area contributed by atoms with Crippen LogP contribution in [0.4, 0.5) is 0 Å². The van der Waals surface area contributed by atoms with Crippen molar-refractivity contribution in [1.29, 1.82) is 0 Å². The molecule has 72 valence electrons. The normalized spacial score (nSPS) is 25.5. The second-order valence-electron chi connectivity index (χ2n) is 3.79. The van der Waals surface area contributed by atoms with E-state index >= 15 is 0 Å². The molecule has 1 aliphatic heterocycles. The Balaban J connectivity index is 2.18. The molecule has 3 nitrogen and oxygen atoms in total. The molecule has 0 aromatic heterocycles. The zero-order chi connectivity index (χ0) is 8.97. The van der Waals surface area contributed by atoms with Crippen LogP contribution < -0.4 is 5.32 Å². The summed E-state index contributed by atoms with van der Waals surface area (Å²) in [6.07, 6.45) is 1.33. The van der Waals surface area contributed by atoms with Gasteiger partial charge >= 0.3 is 0 Å². The molecule has 0 saturated carbocycles. The number of nitrogens with zero attached hydrogens (tertiary/aromatic N) is 2. The van der Waals surface area contributed by atoms with Gasteiger partial charge in [0.25, 0.3) is 0 Å². The smallest absolute Gasteiger partial charge is 0.0232 e. The van der Waals surface area contributed by atoms with Crippen molar-refractivity contribution in [2.75, 3.05) is 47.3 Å². The molecule has 1 rings (SSSR count). The molecular weight excluding hydrogens is 150 g/mol. The highest BCUT2D eigenvalue weighted by atomic mass is 15.2. The van der Waals surface area contributed by atoms with E-state index in [1.165, 1.54) is 19.5 Å². The van der Waals surface area contributed by atoms with Gasteiger partial charge in [-0.15, -0.1) is 0 Å². The van der Waals surface area contributed by atoms with Gasteiger partial charge in [-0.2, -0.15) is 0 Å². The van der Waals surface area contributed by atoms with Gasteiger partial charge in [-0.05, 0) is 34.1 Å². The zero-order valence-corrected chi connectivity index (χ0v) is 8.51. The number of rotatable bonds is 4. The average molecular weight is 171 g/mol. The first kappa shape index (κ1) is 9.96. The molecule has 1 fully saturated rings. The van der Waals surface area contributed by atoms with Crippen LogP contribution in [-0.2, 0) is 0 Å². The fraction of sp³-hybridized carbons (Fsp3) is 1.00. The molecule has 1 saturated heterocycles. The SMILES string of the molecule is CNCCN(C)C1CCN(C)C1. The van der Waals surface area contributed by atoms with Crippen molar-refractivity contribution in [3.63, 3.8) is 0 Å². The minimum Gasteiger partial charge on any atom is -0.318 e. The first-order valence-electron chi connectivity index (χ1n) is 4.77. The van der Waals surface area contributed by atoms with Crippen molar-refractivity contribution in [3.05, 3.63) is 0 Å². The Kier molecular flexibility index (Phi) is 3.98. The fourth-order valence-corrected chi connectivity index (χ4v) is 1.74. The third-order valence-corrected chi connectivity index (χ3v) is 2.70. The van der Waals surface area contributed by atoms with Crippen molar-refractivity contribution in [2.45, 2.75) is 12.5 Å². The van der Waals surface area contributed by atoms with Gasteiger partial charge in [-0.3, -0.25) is 0 Å². The Morgan fingerprint density at radius 3 is 2.83 bits per heavy atom. The standard InChI is InChI=1S/C9H21N3/c1-10-5-7-12(3)9-4-6-11(2)8-9/h9-10H,4-8H2,1-3H3. The maximum Gasteiger partial charge on any atom is 0.0232 e. The summed E-state index contributed by atoms with van der Waals surface area (Å²) in [6.45, 7) is 4.75. The topological polar surface area (TPSA) is 18.5 Å². The Labute approximate surface area is 75.7 Å². The lowest BCUT2D eigenvalue weighted by Crippen LogP contribution is -2.37. The second kappa shape index (κ2) is 4.80. The van der Waals surface area contributed by atoms with E-state index in [9.17, 15) is 0 Å². The molecule has 1 aliphatic rings. The molecule has 0 bridgehead atoms. The molecule has 0 aliphatic carbocycles. The van der Waals surface area contributed by atoms with Gasteiger partial charge in [0, 0.05) is 25.7 Å². The molecule has 3 heteroatoms. The van der Waals surface area contributed by atoms with Crippen LogP contribution in [0.3, 0.4) is 0 Å². The van der Waals surface area contributed by atoms with Crippen LogP contribution in [0.15, 0.2) is 0 Å². The summed E-state index contributed by atoms with van der Waals surface area (Å²) in [5.74, 6) is 0. The van der Waals surface area contributed by atoms with Crippen molar-refractivity contribution < 1.29 is 0 Å². The van der Waals surface area contributed by atoms with Crippen molar-refractivity contribution in [3.8, 4) is 0 Å². The van der Waals surface area contributed by atoms with E-state index in [0.29, 0.717) is 0 Å². The summed E-state index contributed by atoms with van der Waals surface area (Å²) in [7, 11) is 6.43. The number of nitrogens with one attached hydrogen (secondary N) is 1. The molecule has 0 amide bonds. The van der Waals surface area contributed by atoms with Crippen molar-refractivity contribution in [2.24, 2.45) is 0 Å². The number of likely N-dealkylation sites (N-methyl/N-ethyl adjacent to an activating group) is 3. The van der Waals surface area contributed by atoms with E-state index in [1.807, 2.05) is 7.05 Å². The van der Waals surface area contributed by atoms with E-state index in [1.54, 1.807) is 0 Å². The monoisotopic (exact) mass is 171 g/mol. The van der Waals surface area contributed by atoms with Gasteiger partial charge in [0.1, 0.15) is 0 Å². The highest BCUT2D eigenvalue weighted by molar-refractivity contribution is 4.79. The van der Waals surface area contributed by atoms with Gasteiger partial charge in [-0.1, -0.05) is 0 Å². The van der Waals surface area contributed by atoms with Crippen LogP contribution >= 0.6 is 0 Å². The predicted molar refractivity (Wildman–Crippen MR) is 52.5 cm³/mol. The molecular formula is C9H21N3. The van der Waals surface area contributed by atoms with E-state index in [-0.39, 0.29) is 0 Å². The lowest BCUT2D eigenvalue weighted by molar-refractivity contribution is 0.243. The summed E-state index contributed by atoms with van der Waals surface area (Å²) in [4.78, 5) is 4.86. The highest BCUT2D eigenvalue weighted by Gasteiger charge is 2.22. The van der Waals surface area contributed by atoms with Gasteiger partial charge < -0.3 is 15.1 Å². The number of hydrogen-bond acceptors (Lipinski definition) is 3. The van der Waals surface area contributed by atoms with Crippen LogP contribution in [0, 0.1) is 0 Å². The van der Waals surface area contributed by atoms with E-state index < -0.39 is 0 Å². The van der Waals surface area contributed by atoms with Crippen molar-refractivity contribution in [1.82, 2.24) is 15.1 Å². The lowest BCUT2D eigenvalue weighted by atomic mass is 10.2. The van der Waals surface area contributed by atoms with Crippen LogP contribution in [0.1, 0.15) is 6.42 Å². The van der Waals surface area contributed by atoms with E-state index in [2.05, 4.69) is 29.2 Å². The van der Waals surface area contributed by atoms with E-state index in [0.717, 1.165) is 19.1 Å². The maximum absolute atomic E-state index is 3.18. The Hall–Kier alpha value is -0.120. The van der Waals surface area contributed by atoms with Gasteiger partial charge in [-0.25, -0.2) is 0 Å². The number of hydrogen-bond donors (Lipinski definition) is 1. The molecule has 1 atom stereocenters. The number of likely N-dealkylation sites (tertiary alicyclic amines) is 1. The largest absolute Gasteiger partial charge is 0.318 e. The molecule has 0 aromatic carbocycles. The summed E-state index contributed by atoms with van der Waals surface area (Å²) >= 11 is 0.